The Morgan fingerprint density at radius 2 is 2.35 bits per heavy atom. The Balaban J connectivity index is 2.39. The molecule has 0 bridgehead atoms. The molecule has 26 heavy (non-hydrogen) atoms. The van der Waals surface area contributed by atoms with Crippen LogP contribution < -0.4 is 5.73 Å². The molecule has 1 aliphatic rings. The van der Waals surface area contributed by atoms with Gasteiger partial charge in [0.15, 0.2) is 0 Å². The molecule has 8 heteroatoms. The lowest BCUT2D eigenvalue weighted by Crippen LogP contribution is -2.52. The van der Waals surface area contributed by atoms with Gasteiger partial charge in [0, 0.05) is 38.6 Å². The third kappa shape index (κ3) is 3.94. The number of amidine groups is 1. The third-order valence-electron chi connectivity index (χ3n) is 4.89. The molecule has 5 N–H and O–H groups in total. The summed E-state index contributed by atoms with van der Waals surface area (Å²) < 4.78 is 0. The quantitative estimate of drug-likeness (QED) is 0.452. The summed E-state index contributed by atoms with van der Waals surface area (Å²) in [6.07, 6.45) is 3.56. The maximum Gasteiger partial charge on any atom is 0.236 e. The number of hydrogen-bond donors (Lipinski definition) is 4. The molecule has 1 aromatic heterocycles. The van der Waals surface area contributed by atoms with Crippen molar-refractivity contribution in [3.63, 3.8) is 0 Å². The number of aromatic amines is 1. The minimum absolute atomic E-state index is 0.0148. The first-order valence-corrected chi connectivity index (χ1v) is 8.51. The lowest BCUT2D eigenvalue weighted by Gasteiger charge is -2.43. The standard InChI is InChI=1S/C18H25N7O/c1-12-6-9-25(16(26)5-7-19)11-15(12)24(2)17(13(10-20)18(21)22)14-4-3-8-23-14/h3-4,8,10,12,15,20,23H,5-6,9,11H2,1-2H3,(H3,21,22)/b17-13-,20-10?. The summed E-state index contributed by atoms with van der Waals surface area (Å²) in [5.41, 5.74) is 7.44. The normalized spacial score (nSPS) is 20.7. The number of likely N-dealkylation sites (N-methyl/N-ethyl adjacent to an activating group) is 1. The van der Waals surface area contributed by atoms with E-state index in [4.69, 9.17) is 21.8 Å². The van der Waals surface area contributed by atoms with Gasteiger partial charge in [0.2, 0.25) is 5.91 Å². The number of nitrogens with one attached hydrogen (secondary N) is 3. The molecule has 1 aromatic rings. The van der Waals surface area contributed by atoms with Crippen LogP contribution >= 0.6 is 0 Å². The van der Waals surface area contributed by atoms with Crippen LogP contribution in [-0.2, 0) is 4.79 Å². The largest absolute Gasteiger partial charge is 0.384 e. The molecule has 2 rings (SSSR count). The van der Waals surface area contributed by atoms with Gasteiger partial charge in [-0.1, -0.05) is 6.92 Å². The lowest BCUT2D eigenvalue weighted by atomic mass is 9.91. The molecule has 0 spiro atoms. The lowest BCUT2D eigenvalue weighted by molar-refractivity contribution is -0.132. The number of rotatable bonds is 6. The molecule has 0 aliphatic carbocycles. The highest BCUT2D eigenvalue weighted by Crippen LogP contribution is 2.29. The van der Waals surface area contributed by atoms with Crippen molar-refractivity contribution in [1.82, 2.24) is 14.8 Å². The van der Waals surface area contributed by atoms with Crippen molar-refractivity contribution < 1.29 is 4.79 Å². The van der Waals surface area contributed by atoms with Crippen LogP contribution in [0.5, 0.6) is 0 Å². The molecule has 2 heterocycles. The van der Waals surface area contributed by atoms with Gasteiger partial charge in [-0.2, -0.15) is 5.26 Å². The highest BCUT2D eigenvalue weighted by atomic mass is 16.2. The van der Waals surface area contributed by atoms with Crippen molar-refractivity contribution >= 4 is 23.7 Å². The second-order valence-electron chi connectivity index (χ2n) is 6.52. The number of hydrogen-bond acceptors (Lipinski definition) is 5. The highest BCUT2D eigenvalue weighted by molar-refractivity contribution is 6.17. The van der Waals surface area contributed by atoms with E-state index in [0.29, 0.717) is 30.3 Å². The van der Waals surface area contributed by atoms with E-state index in [9.17, 15) is 4.79 Å². The minimum Gasteiger partial charge on any atom is -0.384 e. The van der Waals surface area contributed by atoms with Gasteiger partial charge in [0.25, 0.3) is 0 Å². The Labute approximate surface area is 153 Å². The third-order valence-corrected chi connectivity index (χ3v) is 4.89. The fourth-order valence-electron chi connectivity index (χ4n) is 3.40. The molecule has 0 aromatic carbocycles. The number of nitrogens with two attached hydrogens (primary N) is 1. The molecule has 2 atom stereocenters. The summed E-state index contributed by atoms with van der Waals surface area (Å²) in [6.45, 7) is 3.25. The Bertz CT molecular complexity index is 744. The molecule has 1 amide bonds. The van der Waals surface area contributed by atoms with Crippen LogP contribution in [0.2, 0.25) is 0 Å². The van der Waals surface area contributed by atoms with Crippen molar-refractivity contribution in [1.29, 1.82) is 16.1 Å². The van der Waals surface area contributed by atoms with Crippen molar-refractivity contribution in [2.75, 3.05) is 20.1 Å². The summed E-state index contributed by atoms with van der Waals surface area (Å²) >= 11 is 0. The summed E-state index contributed by atoms with van der Waals surface area (Å²) in [6, 6.07) is 5.61. The van der Waals surface area contributed by atoms with Crippen LogP contribution in [-0.4, -0.2) is 58.9 Å². The Morgan fingerprint density at radius 1 is 1.62 bits per heavy atom. The molecule has 0 radical (unpaired) electrons. The molecular weight excluding hydrogens is 330 g/mol. The van der Waals surface area contributed by atoms with Crippen LogP contribution in [0.4, 0.5) is 0 Å². The Hall–Kier alpha value is -3.08. The zero-order chi connectivity index (χ0) is 19.3. The second kappa shape index (κ2) is 8.34. The average molecular weight is 355 g/mol. The van der Waals surface area contributed by atoms with Gasteiger partial charge in [0.05, 0.1) is 23.0 Å². The van der Waals surface area contributed by atoms with Crippen LogP contribution in [0.25, 0.3) is 5.70 Å². The molecule has 1 aliphatic heterocycles. The van der Waals surface area contributed by atoms with Crippen molar-refractivity contribution in [2.24, 2.45) is 11.7 Å². The van der Waals surface area contributed by atoms with E-state index in [1.807, 2.05) is 30.1 Å². The van der Waals surface area contributed by atoms with Gasteiger partial charge >= 0.3 is 0 Å². The summed E-state index contributed by atoms with van der Waals surface area (Å²) in [4.78, 5) is 19.0. The van der Waals surface area contributed by atoms with E-state index in [1.54, 1.807) is 11.1 Å². The van der Waals surface area contributed by atoms with Gasteiger partial charge in [-0.3, -0.25) is 10.2 Å². The highest BCUT2D eigenvalue weighted by Gasteiger charge is 2.33. The molecule has 2 unspecified atom stereocenters. The number of carbonyl (C=O) groups is 1. The summed E-state index contributed by atoms with van der Waals surface area (Å²) in [5.74, 6) is -0.0468. The van der Waals surface area contributed by atoms with Gasteiger partial charge < -0.3 is 25.9 Å². The number of amides is 1. The molecule has 1 fully saturated rings. The second-order valence-corrected chi connectivity index (χ2v) is 6.52. The minimum atomic E-state index is -0.183. The van der Waals surface area contributed by atoms with E-state index in [1.165, 1.54) is 0 Å². The van der Waals surface area contributed by atoms with Gasteiger partial charge in [-0.25, -0.2) is 0 Å². The van der Waals surface area contributed by atoms with Crippen molar-refractivity contribution in [3.05, 3.63) is 29.6 Å². The first-order valence-electron chi connectivity index (χ1n) is 8.51. The van der Waals surface area contributed by atoms with Crippen molar-refractivity contribution in [3.8, 4) is 6.07 Å². The number of piperidine rings is 1. The van der Waals surface area contributed by atoms with Gasteiger partial charge in [0.1, 0.15) is 12.3 Å². The first-order chi connectivity index (χ1) is 12.4. The number of H-pyrrole nitrogens is 1. The smallest absolute Gasteiger partial charge is 0.236 e. The molecule has 138 valence electrons. The van der Waals surface area contributed by atoms with E-state index < -0.39 is 0 Å². The van der Waals surface area contributed by atoms with E-state index >= 15 is 0 Å². The number of likely N-dealkylation sites (tertiary alicyclic amines) is 1. The average Bonchev–Trinajstić information content (AvgIpc) is 3.13. The number of aromatic nitrogens is 1. The first kappa shape index (κ1) is 19.2. The van der Waals surface area contributed by atoms with Crippen molar-refractivity contribution in [2.45, 2.75) is 25.8 Å². The van der Waals surface area contributed by atoms with Crippen LogP contribution in [0.3, 0.4) is 0 Å². The SMILES string of the molecule is CC1CCN(C(=O)CC#N)CC1N(C)/C(=C(/C=N)C(=N)N)c1ccc[nH]1. The fraction of sp³-hybridized carbons (Fsp3) is 0.444. The van der Waals surface area contributed by atoms with E-state index in [2.05, 4.69) is 11.9 Å². The maximum atomic E-state index is 12.1. The summed E-state index contributed by atoms with van der Waals surface area (Å²) in [5, 5.41) is 24.3. The number of nitriles is 1. The van der Waals surface area contributed by atoms with E-state index in [0.717, 1.165) is 18.3 Å². The zero-order valence-corrected chi connectivity index (χ0v) is 15.1. The fourth-order valence-corrected chi connectivity index (χ4v) is 3.40. The predicted octanol–water partition coefficient (Wildman–Crippen LogP) is 1.39. The molecular formula is C18H25N7O. The molecule has 0 saturated carbocycles. The van der Waals surface area contributed by atoms with Crippen LogP contribution in [0.1, 0.15) is 25.5 Å². The summed E-state index contributed by atoms with van der Waals surface area (Å²) in [7, 11) is 1.89. The molecule has 1 saturated heterocycles. The zero-order valence-electron chi connectivity index (χ0n) is 15.1. The predicted molar refractivity (Wildman–Crippen MR) is 101 cm³/mol. The van der Waals surface area contributed by atoms with Crippen LogP contribution in [0, 0.1) is 28.1 Å². The van der Waals surface area contributed by atoms with E-state index in [-0.39, 0.29) is 24.2 Å². The number of nitrogens with zero attached hydrogens (tertiary/aromatic N) is 3. The Morgan fingerprint density at radius 3 is 2.88 bits per heavy atom. The molecule has 8 nitrogen and oxygen atoms in total. The topological polar surface area (TPSA) is 137 Å². The van der Waals surface area contributed by atoms with Crippen LogP contribution in [0.15, 0.2) is 23.9 Å². The van der Waals surface area contributed by atoms with Gasteiger partial charge in [-0.15, -0.1) is 0 Å². The maximum absolute atomic E-state index is 12.1. The number of carbonyl (C=O) groups excluding carboxylic acids is 1. The van der Waals surface area contributed by atoms with Gasteiger partial charge in [-0.05, 0) is 24.5 Å². The monoisotopic (exact) mass is 355 g/mol. The Kier molecular flexibility index (Phi) is 6.17.